The van der Waals surface area contributed by atoms with Crippen molar-refractivity contribution in [3.8, 4) is 0 Å². The van der Waals surface area contributed by atoms with Gasteiger partial charge in [-0.05, 0) is 25.7 Å². The van der Waals surface area contributed by atoms with Crippen molar-refractivity contribution in [3.63, 3.8) is 0 Å². The van der Waals surface area contributed by atoms with Gasteiger partial charge in [0.05, 0.1) is 0 Å². The minimum absolute atomic E-state index is 0.236. The topological polar surface area (TPSA) is 69.6 Å². The van der Waals surface area contributed by atoms with Gasteiger partial charge in [0.1, 0.15) is 6.04 Å². The predicted octanol–water partition coefficient (Wildman–Crippen LogP) is 1.44. The molecule has 0 aromatic carbocycles. The highest BCUT2D eigenvalue weighted by Crippen LogP contribution is 2.09. The number of carboxylic acids is 1. The summed E-state index contributed by atoms with van der Waals surface area (Å²) in [6, 6.07) is -0.986. The van der Waals surface area contributed by atoms with E-state index in [1.54, 1.807) is 4.90 Å². The summed E-state index contributed by atoms with van der Waals surface area (Å²) >= 11 is 0. The molecule has 0 bridgehead atoms. The summed E-state index contributed by atoms with van der Waals surface area (Å²) in [6.07, 6.45) is 4.41. The lowest BCUT2D eigenvalue weighted by Crippen LogP contribution is -2.49. The quantitative estimate of drug-likeness (QED) is 0.764. The summed E-state index contributed by atoms with van der Waals surface area (Å²) in [5.74, 6) is -0.952. The number of rotatable bonds is 4. The predicted molar refractivity (Wildman–Crippen MR) is 60.3 cm³/mol. The van der Waals surface area contributed by atoms with Crippen molar-refractivity contribution in [3.05, 3.63) is 0 Å². The summed E-state index contributed by atoms with van der Waals surface area (Å²) in [7, 11) is 0. The molecular formula is C11H20N2O3. The van der Waals surface area contributed by atoms with E-state index in [0.29, 0.717) is 6.42 Å². The average molecular weight is 228 g/mol. The van der Waals surface area contributed by atoms with E-state index >= 15 is 0 Å². The van der Waals surface area contributed by atoms with Crippen LogP contribution in [0.4, 0.5) is 4.79 Å². The van der Waals surface area contributed by atoms with Gasteiger partial charge in [-0.1, -0.05) is 13.3 Å². The minimum Gasteiger partial charge on any atom is -0.480 e. The van der Waals surface area contributed by atoms with Gasteiger partial charge in [0, 0.05) is 13.1 Å². The van der Waals surface area contributed by atoms with E-state index in [9.17, 15) is 9.59 Å². The smallest absolute Gasteiger partial charge is 0.326 e. The lowest BCUT2D eigenvalue weighted by molar-refractivity contribution is -0.139. The third-order valence-electron chi connectivity index (χ3n) is 2.82. The molecule has 0 spiro atoms. The number of urea groups is 1. The van der Waals surface area contributed by atoms with Gasteiger partial charge in [-0.15, -0.1) is 0 Å². The molecule has 5 nitrogen and oxygen atoms in total. The molecule has 1 aliphatic rings. The number of carbonyl (C=O) groups is 2. The zero-order valence-electron chi connectivity index (χ0n) is 9.74. The molecule has 1 saturated heterocycles. The molecule has 92 valence electrons. The molecular weight excluding hydrogens is 208 g/mol. The van der Waals surface area contributed by atoms with Crippen LogP contribution in [-0.4, -0.2) is 41.1 Å². The number of hydrogen-bond acceptors (Lipinski definition) is 2. The number of amides is 2. The molecule has 0 unspecified atom stereocenters. The Morgan fingerprint density at radius 1 is 1.31 bits per heavy atom. The van der Waals surface area contributed by atoms with Crippen LogP contribution in [0.2, 0.25) is 0 Å². The highest BCUT2D eigenvalue weighted by atomic mass is 16.4. The Morgan fingerprint density at radius 3 is 2.44 bits per heavy atom. The van der Waals surface area contributed by atoms with Crippen LogP contribution in [-0.2, 0) is 4.79 Å². The van der Waals surface area contributed by atoms with Crippen molar-refractivity contribution in [1.29, 1.82) is 0 Å². The molecule has 2 amide bonds. The summed E-state index contributed by atoms with van der Waals surface area (Å²) in [4.78, 5) is 24.3. The monoisotopic (exact) mass is 228 g/mol. The molecule has 1 rings (SSSR count). The number of likely N-dealkylation sites (tertiary alicyclic amines) is 1. The fraction of sp³-hybridized carbons (Fsp3) is 0.818. The molecule has 0 aromatic rings. The number of hydrogen-bond donors (Lipinski definition) is 2. The van der Waals surface area contributed by atoms with Gasteiger partial charge >= 0.3 is 12.0 Å². The fourth-order valence-electron chi connectivity index (χ4n) is 1.88. The summed E-state index contributed by atoms with van der Waals surface area (Å²) in [5, 5.41) is 11.5. The zero-order valence-corrected chi connectivity index (χ0v) is 9.74. The number of aliphatic carboxylic acids is 1. The number of nitrogens with one attached hydrogen (secondary N) is 1. The summed E-state index contributed by atoms with van der Waals surface area (Å²) in [6.45, 7) is 3.39. The van der Waals surface area contributed by atoms with E-state index in [1.165, 1.54) is 0 Å². The first kappa shape index (κ1) is 12.8. The van der Waals surface area contributed by atoms with E-state index in [4.69, 9.17) is 5.11 Å². The first-order chi connectivity index (χ1) is 7.65. The maximum Gasteiger partial charge on any atom is 0.326 e. The van der Waals surface area contributed by atoms with Gasteiger partial charge in [-0.25, -0.2) is 9.59 Å². The number of carbonyl (C=O) groups excluding carboxylic acids is 1. The molecule has 2 N–H and O–H groups in total. The highest BCUT2D eigenvalue weighted by Gasteiger charge is 2.23. The van der Waals surface area contributed by atoms with Gasteiger partial charge in [-0.2, -0.15) is 0 Å². The van der Waals surface area contributed by atoms with Gasteiger partial charge < -0.3 is 15.3 Å². The Hall–Kier alpha value is -1.26. The van der Waals surface area contributed by atoms with Crippen molar-refractivity contribution in [2.75, 3.05) is 13.1 Å². The van der Waals surface area contributed by atoms with Crippen LogP contribution in [0.5, 0.6) is 0 Å². The average Bonchev–Trinajstić information content (AvgIpc) is 2.29. The number of nitrogens with zero attached hydrogens (tertiary/aromatic N) is 1. The van der Waals surface area contributed by atoms with Crippen LogP contribution in [0, 0.1) is 0 Å². The number of piperidine rings is 1. The van der Waals surface area contributed by atoms with E-state index in [2.05, 4.69) is 5.32 Å². The molecule has 0 saturated carbocycles. The first-order valence-corrected chi connectivity index (χ1v) is 5.93. The van der Waals surface area contributed by atoms with E-state index in [-0.39, 0.29) is 6.03 Å². The second-order valence-electron chi connectivity index (χ2n) is 4.18. The van der Waals surface area contributed by atoms with Crippen molar-refractivity contribution >= 4 is 12.0 Å². The molecule has 1 heterocycles. The van der Waals surface area contributed by atoms with Gasteiger partial charge in [0.25, 0.3) is 0 Å². The standard InChI is InChI=1S/C11H20N2O3/c1-2-6-9(10(14)15)12-11(16)13-7-4-3-5-8-13/h9H,2-8H2,1H3,(H,12,16)(H,14,15)/t9-/m0/s1. The van der Waals surface area contributed by atoms with Crippen LogP contribution in [0.15, 0.2) is 0 Å². The maximum absolute atomic E-state index is 11.7. The second-order valence-corrected chi connectivity index (χ2v) is 4.18. The molecule has 0 radical (unpaired) electrons. The minimum atomic E-state index is -0.952. The fourth-order valence-corrected chi connectivity index (χ4v) is 1.88. The molecule has 1 aliphatic heterocycles. The van der Waals surface area contributed by atoms with Crippen molar-refractivity contribution in [1.82, 2.24) is 10.2 Å². The normalized spacial score (nSPS) is 17.9. The Morgan fingerprint density at radius 2 is 1.94 bits per heavy atom. The molecule has 16 heavy (non-hydrogen) atoms. The molecule has 0 aliphatic carbocycles. The van der Waals surface area contributed by atoms with Crippen molar-refractivity contribution < 1.29 is 14.7 Å². The third kappa shape index (κ3) is 3.72. The third-order valence-corrected chi connectivity index (χ3v) is 2.82. The molecule has 5 heteroatoms. The Balaban J connectivity index is 2.43. The second kappa shape index (κ2) is 6.35. The summed E-state index contributed by atoms with van der Waals surface area (Å²) in [5.41, 5.74) is 0. The zero-order chi connectivity index (χ0) is 12.0. The Kier molecular flexibility index (Phi) is 5.08. The SMILES string of the molecule is CCC[C@H](NC(=O)N1CCCCC1)C(=O)O. The highest BCUT2D eigenvalue weighted by molar-refractivity contribution is 5.82. The number of carboxylic acid groups (broad SMARTS) is 1. The Labute approximate surface area is 95.8 Å². The van der Waals surface area contributed by atoms with Crippen LogP contribution in [0.25, 0.3) is 0 Å². The van der Waals surface area contributed by atoms with E-state index < -0.39 is 12.0 Å². The van der Waals surface area contributed by atoms with Gasteiger partial charge in [0.15, 0.2) is 0 Å². The van der Waals surface area contributed by atoms with Crippen molar-refractivity contribution in [2.24, 2.45) is 0 Å². The summed E-state index contributed by atoms with van der Waals surface area (Å²) < 4.78 is 0. The first-order valence-electron chi connectivity index (χ1n) is 5.93. The van der Waals surface area contributed by atoms with Gasteiger partial charge in [0.2, 0.25) is 0 Å². The lowest BCUT2D eigenvalue weighted by atomic mass is 10.1. The van der Waals surface area contributed by atoms with Gasteiger partial charge in [-0.3, -0.25) is 0 Å². The van der Waals surface area contributed by atoms with Crippen LogP contribution in [0.3, 0.4) is 0 Å². The molecule has 1 fully saturated rings. The maximum atomic E-state index is 11.7. The molecule has 1 atom stereocenters. The van der Waals surface area contributed by atoms with E-state index in [0.717, 1.165) is 38.8 Å². The van der Waals surface area contributed by atoms with Crippen LogP contribution < -0.4 is 5.32 Å². The van der Waals surface area contributed by atoms with Crippen molar-refractivity contribution in [2.45, 2.75) is 45.1 Å². The lowest BCUT2D eigenvalue weighted by Gasteiger charge is -2.28. The Bertz CT molecular complexity index is 250. The largest absolute Gasteiger partial charge is 0.480 e. The molecule has 0 aromatic heterocycles. The van der Waals surface area contributed by atoms with E-state index in [1.807, 2.05) is 6.92 Å². The van der Waals surface area contributed by atoms with Crippen LogP contribution >= 0.6 is 0 Å². The van der Waals surface area contributed by atoms with Crippen LogP contribution in [0.1, 0.15) is 39.0 Å².